The highest BCUT2D eigenvalue weighted by molar-refractivity contribution is 5.20. The Hall–Kier alpha value is -2.16. The maximum absolute atomic E-state index is 12.2. The molecule has 2 rings (SSSR count). The lowest BCUT2D eigenvalue weighted by Crippen LogP contribution is -2.30. The summed E-state index contributed by atoms with van der Waals surface area (Å²) in [5.74, 6) is 0.392. The first-order chi connectivity index (χ1) is 9.88. The van der Waals surface area contributed by atoms with Crippen LogP contribution in [0.5, 0.6) is 5.88 Å². The fourth-order valence-corrected chi connectivity index (χ4v) is 1.54. The normalized spacial score (nSPS) is 13.2. The van der Waals surface area contributed by atoms with Gasteiger partial charge in [-0.2, -0.15) is 18.2 Å². The van der Waals surface area contributed by atoms with Crippen LogP contribution in [0.4, 0.5) is 13.2 Å². The van der Waals surface area contributed by atoms with Crippen LogP contribution in [-0.2, 0) is 12.8 Å². The van der Waals surface area contributed by atoms with Crippen molar-refractivity contribution in [2.75, 3.05) is 7.11 Å². The van der Waals surface area contributed by atoms with Crippen molar-refractivity contribution >= 4 is 0 Å². The molecule has 0 aliphatic carbocycles. The molecule has 0 aliphatic rings. The average molecular weight is 303 g/mol. The summed E-state index contributed by atoms with van der Waals surface area (Å²) in [6.45, 7) is 0. The highest BCUT2D eigenvalue weighted by atomic mass is 19.4. The van der Waals surface area contributed by atoms with Gasteiger partial charge in [-0.3, -0.25) is 0 Å². The number of hydrogen-bond acceptors (Lipinski definition) is 6. The smallest absolute Gasteiger partial charge is 0.414 e. The molecule has 0 radical (unpaired) electrons. The van der Waals surface area contributed by atoms with Crippen LogP contribution >= 0.6 is 0 Å². The molecule has 9 heteroatoms. The van der Waals surface area contributed by atoms with Crippen molar-refractivity contribution in [2.24, 2.45) is 0 Å². The number of aromatic nitrogens is 3. The molecule has 0 aromatic carbocycles. The molecule has 0 bridgehead atoms. The van der Waals surface area contributed by atoms with E-state index in [1.165, 1.54) is 7.11 Å². The highest BCUT2D eigenvalue weighted by Gasteiger charge is 2.39. The van der Waals surface area contributed by atoms with E-state index in [0.717, 1.165) is 5.56 Å². The molecule has 0 amide bonds. The van der Waals surface area contributed by atoms with Crippen molar-refractivity contribution in [3.05, 3.63) is 35.6 Å². The number of aliphatic hydroxyl groups excluding tert-OH is 1. The Kier molecular flexibility index (Phi) is 4.41. The van der Waals surface area contributed by atoms with E-state index >= 15 is 0 Å². The second kappa shape index (κ2) is 6.08. The Morgan fingerprint density at radius 2 is 2.14 bits per heavy atom. The summed E-state index contributed by atoms with van der Waals surface area (Å²) in [5, 5.41) is 12.5. The van der Waals surface area contributed by atoms with Crippen LogP contribution in [0.1, 0.15) is 17.3 Å². The quantitative estimate of drug-likeness (QED) is 0.902. The third kappa shape index (κ3) is 4.15. The van der Waals surface area contributed by atoms with Gasteiger partial charge in [-0.25, -0.2) is 4.98 Å². The third-order valence-corrected chi connectivity index (χ3v) is 2.62. The predicted molar refractivity (Wildman–Crippen MR) is 63.7 cm³/mol. The minimum Gasteiger partial charge on any atom is -0.481 e. The number of halogens is 3. The van der Waals surface area contributed by atoms with Crippen LogP contribution < -0.4 is 4.74 Å². The summed E-state index contributed by atoms with van der Waals surface area (Å²) in [4.78, 5) is 7.79. The second-order valence-corrected chi connectivity index (χ2v) is 4.25. The SMILES string of the molecule is COc1ccc(Cc2noc(CC(O)C(F)(F)F)n2)cn1. The fraction of sp³-hybridized carbons (Fsp3) is 0.417. The standard InChI is InChI=1S/C12H12F3N3O3/c1-20-10-3-2-7(6-16-10)4-9-17-11(21-18-9)5-8(19)12(13,14)15/h2-3,6,8,19H,4-5H2,1H3. The first-order valence-corrected chi connectivity index (χ1v) is 5.93. The lowest BCUT2D eigenvalue weighted by Gasteiger charge is -2.11. The number of methoxy groups -OCH3 is 1. The molecule has 114 valence electrons. The number of ether oxygens (including phenoxy) is 1. The molecule has 2 heterocycles. The number of nitrogens with zero attached hydrogens (tertiary/aromatic N) is 3. The van der Waals surface area contributed by atoms with Gasteiger partial charge in [0.1, 0.15) is 0 Å². The monoisotopic (exact) mass is 303 g/mol. The summed E-state index contributed by atoms with van der Waals surface area (Å²) in [6.07, 6.45) is -6.21. The number of rotatable bonds is 5. The lowest BCUT2D eigenvalue weighted by atomic mass is 10.2. The van der Waals surface area contributed by atoms with Crippen LogP contribution in [0.15, 0.2) is 22.9 Å². The van der Waals surface area contributed by atoms with Gasteiger partial charge in [-0.1, -0.05) is 11.2 Å². The van der Waals surface area contributed by atoms with E-state index in [2.05, 4.69) is 19.6 Å². The largest absolute Gasteiger partial charge is 0.481 e. The zero-order valence-electron chi connectivity index (χ0n) is 11.0. The van der Waals surface area contributed by atoms with Gasteiger partial charge in [0.25, 0.3) is 0 Å². The molecule has 1 unspecified atom stereocenters. The zero-order valence-corrected chi connectivity index (χ0v) is 11.0. The maximum atomic E-state index is 12.2. The Morgan fingerprint density at radius 3 is 2.71 bits per heavy atom. The second-order valence-electron chi connectivity index (χ2n) is 4.25. The van der Waals surface area contributed by atoms with Gasteiger partial charge >= 0.3 is 6.18 Å². The summed E-state index contributed by atoms with van der Waals surface area (Å²) in [7, 11) is 1.49. The molecule has 21 heavy (non-hydrogen) atoms. The van der Waals surface area contributed by atoms with Gasteiger partial charge < -0.3 is 14.4 Å². The predicted octanol–water partition coefficient (Wildman–Crippen LogP) is 1.53. The fourth-order valence-electron chi connectivity index (χ4n) is 1.54. The van der Waals surface area contributed by atoms with Crippen molar-refractivity contribution in [2.45, 2.75) is 25.1 Å². The van der Waals surface area contributed by atoms with Crippen molar-refractivity contribution in [3.8, 4) is 5.88 Å². The van der Waals surface area contributed by atoms with Crippen LogP contribution in [0.2, 0.25) is 0 Å². The van der Waals surface area contributed by atoms with E-state index in [4.69, 9.17) is 9.84 Å². The van der Waals surface area contributed by atoms with E-state index in [0.29, 0.717) is 5.88 Å². The van der Waals surface area contributed by atoms with E-state index in [9.17, 15) is 13.2 Å². The molecule has 2 aromatic rings. The van der Waals surface area contributed by atoms with Gasteiger partial charge in [0.2, 0.25) is 11.8 Å². The van der Waals surface area contributed by atoms with Crippen LogP contribution in [0, 0.1) is 0 Å². The Labute approximate surface area is 117 Å². The third-order valence-electron chi connectivity index (χ3n) is 2.62. The summed E-state index contributed by atoms with van der Waals surface area (Å²) in [6, 6.07) is 3.37. The number of hydrogen-bond donors (Lipinski definition) is 1. The topological polar surface area (TPSA) is 81.3 Å². The van der Waals surface area contributed by atoms with Crippen molar-refractivity contribution < 1.29 is 27.5 Å². The number of alkyl halides is 3. The molecule has 6 nitrogen and oxygen atoms in total. The molecule has 0 aliphatic heterocycles. The van der Waals surface area contributed by atoms with Crippen LogP contribution in [0.25, 0.3) is 0 Å². The lowest BCUT2D eigenvalue weighted by molar-refractivity contribution is -0.204. The molecular weight excluding hydrogens is 291 g/mol. The molecule has 0 saturated carbocycles. The minimum absolute atomic E-state index is 0.214. The summed E-state index contributed by atoms with van der Waals surface area (Å²) in [5.41, 5.74) is 0.750. The average Bonchev–Trinajstić information content (AvgIpc) is 2.86. The first-order valence-electron chi connectivity index (χ1n) is 5.93. The highest BCUT2D eigenvalue weighted by Crippen LogP contribution is 2.22. The molecule has 1 N–H and O–H groups in total. The van der Waals surface area contributed by atoms with Crippen LogP contribution in [0.3, 0.4) is 0 Å². The zero-order chi connectivity index (χ0) is 15.5. The van der Waals surface area contributed by atoms with Gasteiger partial charge in [0.15, 0.2) is 11.9 Å². The van der Waals surface area contributed by atoms with Gasteiger partial charge in [0.05, 0.1) is 13.5 Å². The van der Waals surface area contributed by atoms with Crippen molar-refractivity contribution in [1.29, 1.82) is 0 Å². The van der Waals surface area contributed by atoms with E-state index in [1.807, 2.05) is 0 Å². The molecule has 1 atom stereocenters. The molecule has 0 fully saturated rings. The Morgan fingerprint density at radius 1 is 1.38 bits per heavy atom. The number of pyridine rings is 1. The van der Waals surface area contributed by atoms with Gasteiger partial charge in [-0.15, -0.1) is 0 Å². The molecule has 2 aromatic heterocycles. The Bertz CT molecular complexity index is 583. The van der Waals surface area contributed by atoms with E-state index in [-0.39, 0.29) is 18.1 Å². The van der Waals surface area contributed by atoms with E-state index in [1.54, 1.807) is 18.3 Å². The molecule has 0 saturated heterocycles. The Balaban J connectivity index is 1.99. The van der Waals surface area contributed by atoms with E-state index < -0.39 is 18.7 Å². The van der Waals surface area contributed by atoms with Gasteiger partial charge in [0, 0.05) is 18.7 Å². The van der Waals surface area contributed by atoms with Gasteiger partial charge in [-0.05, 0) is 5.56 Å². The first kappa shape index (κ1) is 15.2. The minimum atomic E-state index is -4.71. The molecule has 0 spiro atoms. The molecular formula is C12H12F3N3O3. The van der Waals surface area contributed by atoms with Crippen molar-refractivity contribution in [3.63, 3.8) is 0 Å². The summed E-state index contributed by atoms with van der Waals surface area (Å²) < 4.78 is 46.2. The summed E-state index contributed by atoms with van der Waals surface area (Å²) >= 11 is 0. The maximum Gasteiger partial charge on any atom is 0.414 e. The van der Waals surface area contributed by atoms with Crippen LogP contribution in [-0.4, -0.2) is 39.6 Å². The van der Waals surface area contributed by atoms with Crippen molar-refractivity contribution in [1.82, 2.24) is 15.1 Å². The number of aliphatic hydroxyl groups is 1.